The molecule has 3 N–H and O–H groups in total. The minimum Gasteiger partial charge on any atom is -0.392 e. The number of aliphatic hydroxyl groups excluding tert-OH is 1. The average Bonchev–Trinajstić information content (AvgIpc) is 2.65. The second-order valence-corrected chi connectivity index (χ2v) is 4.17. The lowest BCUT2D eigenvalue weighted by Crippen LogP contribution is -2.14. The van der Waals surface area contributed by atoms with Gasteiger partial charge in [-0.25, -0.2) is 0 Å². The lowest BCUT2D eigenvalue weighted by molar-refractivity contribution is 0.281. The Labute approximate surface area is 84.7 Å². The molecule has 0 heterocycles. The highest BCUT2D eigenvalue weighted by Crippen LogP contribution is 2.33. The Morgan fingerprint density at radius 3 is 2.86 bits per heavy atom. The van der Waals surface area contributed by atoms with Crippen LogP contribution >= 0.6 is 0 Å². The van der Waals surface area contributed by atoms with Crippen LogP contribution in [0.5, 0.6) is 0 Å². The molecule has 0 unspecified atom stereocenters. The van der Waals surface area contributed by atoms with Crippen molar-refractivity contribution in [2.24, 2.45) is 5.73 Å². The van der Waals surface area contributed by atoms with Crippen LogP contribution in [0, 0.1) is 0 Å². The number of hydrogen-bond donors (Lipinski definition) is 2. The van der Waals surface area contributed by atoms with Crippen LogP contribution in [0.15, 0.2) is 24.3 Å². The van der Waals surface area contributed by atoms with Crippen LogP contribution in [0.25, 0.3) is 0 Å². The van der Waals surface area contributed by atoms with E-state index in [4.69, 9.17) is 10.8 Å². The van der Waals surface area contributed by atoms with Gasteiger partial charge in [-0.15, -0.1) is 0 Å². The van der Waals surface area contributed by atoms with E-state index in [0.29, 0.717) is 12.0 Å². The summed E-state index contributed by atoms with van der Waals surface area (Å²) in [6.07, 6.45) is 3.42. The van der Waals surface area contributed by atoms with Gasteiger partial charge in [0.15, 0.2) is 0 Å². The number of rotatable bonds is 2. The highest BCUT2D eigenvalue weighted by Gasteiger charge is 2.22. The summed E-state index contributed by atoms with van der Waals surface area (Å²) < 4.78 is 0. The Balaban J connectivity index is 2.15. The summed E-state index contributed by atoms with van der Waals surface area (Å²) in [5.74, 6) is 0.608. The van der Waals surface area contributed by atoms with E-state index < -0.39 is 0 Å². The largest absolute Gasteiger partial charge is 0.392 e. The van der Waals surface area contributed by atoms with Gasteiger partial charge >= 0.3 is 0 Å². The lowest BCUT2D eigenvalue weighted by Gasteiger charge is -2.10. The summed E-state index contributed by atoms with van der Waals surface area (Å²) in [6.45, 7) is 0.132. The molecule has 2 nitrogen and oxygen atoms in total. The molecule has 0 radical (unpaired) electrons. The van der Waals surface area contributed by atoms with Gasteiger partial charge in [0.25, 0.3) is 0 Å². The zero-order valence-corrected chi connectivity index (χ0v) is 8.32. The van der Waals surface area contributed by atoms with Gasteiger partial charge in [0.1, 0.15) is 0 Å². The van der Waals surface area contributed by atoms with Crippen molar-refractivity contribution in [3.63, 3.8) is 0 Å². The number of benzene rings is 1. The molecule has 1 fully saturated rings. The van der Waals surface area contributed by atoms with Crippen LogP contribution in [-0.2, 0) is 6.61 Å². The quantitative estimate of drug-likeness (QED) is 0.748. The first-order chi connectivity index (χ1) is 6.79. The van der Waals surface area contributed by atoms with E-state index in [0.717, 1.165) is 18.4 Å². The minimum absolute atomic E-state index is 0.132. The van der Waals surface area contributed by atoms with Gasteiger partial charge in [-0.2, -0.15) is 0 Å². The number of nitrogens with two attached hydrogens (primary N) is 1. The molecule has 2 rings (SSSR count). The number of hydrogen-bond acceptors (Lipinski definition) is 2. The highest BCUT2D eigenvalue weighted by molar-refractivity contribution is 5.27. The molecule has 14 heavy (non-hydrogen) atoms. The van der Waals surface area contributed by atoms with Crippen molar-refractivity contribution >= 4 is 0 Å². The molecule has 0 saturated heterocycles. The Kier molecular flexibility index (Phi) is 2.85. The third-order valence-corrected chi connectivity index (χ3v) is 3.08. The summed E-state index contributed by atoms with van der Waals surface area (Å²) in [4.78, 5) is 0. The molecular formula is C12H17NO. The van der Waals surface area contributed by atoms with E-state index in [1.54, 1.807) is 0 Å². The number of aliphatic hydroxyl groups is 1. The Morgan fingerprint density at radius 2 is 2.21 bits per heavy atom. The summed E-state index contributed by atoms with van der Waals surface area (Å²) in [5, 5.41) is 9.03. The molecule has 0 bridgehead atoms. The predicted molar refractivity (Wildman–Crippen MR) is 56.9 cm³/mol. The van der Waals surface area contributed by atoms with Crippen molar-refractivity contribution in [1.82, 2.24) is 0 Å². The molecule has 0 spiro atoms. The van der Waals surface area contributed by atoms with E-state index >= 15 is 0 Å². The topological polar surface area (TPSA) is 46.2 Å². The van der Waals surface area contributed by atoms with Gasteiger partial charge in [0, 0.05) is 6.04 Å². The summed E-state index contributed by atoms with van der Waals surface area (Å²) in [6, 6.07) is 8.59. The van der Waals surface area contributed by atoms with Gasteiger partial charge in [0.05, 0.1) is 6.61 Å². The zero-order chi connectivity index (χ0) is 9.97. The molecule has 2 atom stereocenters. The van der Waals surface area contributed by atoms with Gasteiger partial charge in [0.2, 0.25) is 0 Å². The van der Waals surface area contributed by atoms with Crippen LogP contribution in [0.3, 0.4) is 0 Å². The van der Waals surface area contributed by atoms with E-state index in [1.165, 1.54) is 12.0 Å². The molecule has 0 aliphatic heterocycles. The van der Waals surface area contributed by atoms with Crippen molar-refractivity contribution in [2.45, 2.75) is 37.8 Å². The molecule has 1 aliphatic rings. The van der Waals surface area contributed by atoms with Crippen molar-refractivity contribution < 1.29 is 5.11 Å². The first-order valence-corrected chi connectivity index (χ1v) is 5.25. The zero-order valence-electron chi connectivity index (χ0n) is 8.32. The van der Waals surface area contributed by atoms with Gasteiger partial charge < -0.3 is 10.8 Å². The summed E-state index contributed by atoms with van der Waals surface area (Å²) in [7, 11) is 0. The van der Waals surface area contributed by atoms with Crippen LogP contribution in [-0.4, -0.2) is 11.1 Å². The van der Waals surface area contributed by atoms with Crippen LogP contribution in [0.2, 0.25) is 0 Å². The first-order valence-electron chi connectivity index (χ1n) is 5.25. The maximum absolute atomic E-state index is 9.03. The third-order valence-electron chi connectivity index (χ3n) is 3.08. The van der Waals surface area contributed by atoms with E-state index in [1.807, 2.05) is 12.1 Å². The molecule has 1 aromatic rings. The van der Waals surface area contributed by atoms with E-state index in [-0.39, 0.29) is 6.61 Å². The minimum atomic E-state index is 0.132. The normalized spacial score (nSPS) is 26.7. The Hall–Kier alpha value is -0.860. The van der Waals surface area contributed by atoms with Crippen molar-refractivity contribution in [2.75, 3.05) is 0 Å². The molecule has 2 heteroatoms. The molecule has 1 saturated carbocycles. The predicted octanol–water partition coefficient (Wildman–Crippen LogP) is 1.77. The monoisotopic (exact) mass is 191 g/mol. The summed E-state index contributed by atoms with van der Waals surface area (Å²) >= 11 is 0. The highest BCUT2D eigenvalue weighted by atomic mass is 16.3. The van der Waals surface area contributed by atoms with Crippen LogP contribution in [0.1, 0.15) is 36.3 Å². The molecule has 1 aromatic carbocycles. The Morgan fingerprint density at radius 1 is 1.36 bits per heavy atom. The van der Waals surface area contributed by atoms with Gasteiger partial charge in [-0.1, -0.05) is 24.3 Å². The fourth-order valence-electron chi connectivity index (χ4n) is 2.26. The second-order valence-electron chi connectivity index (χ2n) is 4.17. The van der Waals surface area contributed by atoms with Crippen molar-refractivity contribution in [3.05, 3.63) is 35.4 Å². The molecule has 0 aromatic heterocycles. The maximum atomic E-state index is 9.03. The SMILES string of the molecule is N[C@H]1CC[C@@H](c2cccc(CO)c2)C1. The summed E-state index contributed by atoms with van der Waals surface area (Å²) in [5.41, 5.74) is 8.22. The van der Waals surface area contributed by atoms with Gasteiger partial charge in [-0.05, 0) is 36.3 Å². The smallest absolute Gasteiger partial charge is 0.0681 e. The van der Waals surface area contributed by atoms with Crippen LogP contribution < -0.4 is 5.73 Å². The average molecular weight is 191 g/mol. The van der Waals surface area contributed by atoms with E-state index in [9.17, 15) is 0 Å². The maximum Gasteiger partial charge on any atom is 0.0681 e. The van der Waals surface area contributed by atoms with E-state index in [2.05, 4.69) is 12.1 Å². The fraction of sp³-hybridized carbons (Fsp3) is 0.500. The second kappa shape index (κ2) is 4.11. The third kappa shape index (κ3) is 1.97. The molecule has 1 aliphatic carbocycles. The standard InChI is InChI=1S/C12H17NO/c13-12-5-4-11(7-12)10-3-1-2-9(6-10)8-14/h1-3,6,11-12,14H,4-5,7-8,13H2/t11-,12+/m1/s1. The Bertz CT molecular complexity index is 311. The molecular weight excluding hydrogens is 174 g/mol. The van der Waals surface area contributed by atoms with Crippen LogP contribution in [0.4, 0.5) is 0 Å². The molecule has 0 amide bonds. The molecule has 76 valence electrons. The first kappa shape index (κ1) is 9.69. The lowest BCUT2D eigenvalue weighted by atomic mass is 9.96. The van der Waals surface area contributed by atoms with Gasteiger partial charge in [-0.3, -0.25) is 0 Å². The van der Waals surface area contributed by atoms with Crippen molar-refractivity contribution in [1.29, 1.82) is 0 Å². The van der Waals surface area contributed by atoms with Crippen molar-refractivity contribution in [3.8, 4) is 0 Å². The fourth-order valence-corrected chi connectivity index (χ4v) is 2.26.